The summed E-state index contributed by atoms with van der Waals surface area (Å²) in [6.45, 7) is 1.93. The van der Waals surface area contributed by atoms with Gasteiger partial charge in [-0.2, -0.15) is 10.2 Å². The maximum atomic E-state index is 11.2. The molecule has 2 aromatic rings. The molecular formula is C13H13N3O2S. The molecule has 2 aromatic carbocycles. The van der Waals surface area contributed by atoms with Crippen LogP contribution in [-0.4, -0.2) is 8.42 Å². The van der Waals surface area contributed by atoms with Gasteiger partial charge in [0, 0.05) is 0 Å². The number of nitrogens with two attached hydrogens (primary N) is 1. The molecule has 19 heavy (non-hydrogen) atoms. The number of azo groups is 1. The molecule has 0 radical (unpaired) electrons. The van der Waals surface area contributed by atoms with E-state index in [1.165, 1.54) is 12.1 Å². The number of nitrogens with zero attached hydrogens (tertiary/aromatic N) is 2. The topological polar surface area (TPSA) is 84.9 Å². The van der Waals surface area contributed by atoms with Crippen LogP contribution < -0.4 is 5.14 Å². The maximum absolute atomic E-state index is 11.2. The van der Waals surface area contributed by atoms with Gasteiger partial charge in [-0.05, 0) is 36.8 Å². The van der Waals surface area contributed by atoms with Gasteiger partial charge in [0.2, 0.25) is 10.0 Å². The Hall–Kier alpha value is -2.05. The Morgan fingerprint density at radius 1 is 1.00 bits per heavy atom. The Morgan fingerprint density at radius 2 is 1.74 bits per heavy atom. The second-order valence-corrected chi connectivity index (χ2v) is 5.59. The van der Waals surface area contributed by atoms with Crippen molar-refractivity contribution in [3.8, 4) is 0 Å². The van der Waals surface area contributed by atoms with Gasteiger partial charge in [0.15, 0.2) is 0 Å². The predicted molar refractivity (Wildman–Crippen MR) is 73.2 cm³/mol. The van der Waals surface area contributed by atoms with Crippen molar-refractivity contribution in [1.82, 2.24) is 0 Å². The molecule has 5 nitrogen and oxygen atoms in total. The summed E-state index contributed by atoms with van der Waals surface area (Å²) in [4.78, 5) is 0.0220. The minimum atomic E-state index is -3.72. The van der Waals surface area contributed by atoms with Crippen LogP contribution in [0.3, 0.4) is 0 Å². The molecule has 2 rings (SSSR count). The Kier molecular flexibility index (Phi) is 3.73. The Bertz CT molecular complexity index is 724. The minimum Gasteiger partial charge on any atom is -0.225 e. The van der Waals surface area contributed by atoms with Crippen LogP contribution in [0.2, 0.25) is 0 Å². The molecule has 0 aliphatic carbocycles. The third kappa shape index (κ3) is 3.46. The van der Waals surface area contributed by atoms with E-state index in [4.69, 9.17) is 5.14 Å². The van der Waals surface area contributed by atoms with Crippen molar-refractivity contribution in [2.24, 2.45) is 15.4 Å². The van der Waals surface area contributed by atoms with Gasteiger partial charge in [-0.25, -0.2) is 13.6 Å². The first-order chi connectivity index (χ1) is 8.97. The van der Waals surface area contributed by atoms with Gasteiger partial charge >= 0.3 is 0 Å². The molecule has 0 unspecified atom stereocenters. The molecule has 0 bridgehead atoms. The maximum Gasteiger partial charge on any atom is 0.238 e. The first-order valence-electron chi connectivity index (χ1n) is 5.57. The molecule has 0 fully saturated rings. The van der Waals surface area contributed by atoms with Crippen LogP contribution in [0.4, 0.5) is 11.4 Å². The van der Waals surface area contributed by atoms with Crippen molar-refractivity contribution >= 4 is 21.4 Å². The fourth-order valence-electron chi connectivity index (χ4n) is 1.51. The van der Waals surface area contributed by atoms with E-state index in [1.807, 2.05) is 31.2 Å². The van der Waals surface area contributed by atoms with Crippen molar-refractivity contribution in [2.75, 3.05) is 0 Å². The minimum absolute atomic E-state index is 0.0220. The highest BCUT2D eigenvalue weighted by Crippen LogP contribution is 2.22. The first kappa shape index (κ1) is 13.4. The molecule has 0 amide bonds. The van der Waals surface area contributed by atoms with Crippen molar-refractivity contribution in [2.45, 2.75) is 11.8 Å². The van der Waals surface area contributed by atoms with E-state index in [9.17, 15) is 8.42 Å². The predicted octanol–water partition coefficient (Wildman–Crippen LogP) is 3.06. The molecule has 0 aromatic heterocycles. The van der Waals surface area contributed by atoms with Crippen molar-refractivity contribution in [3.63, 3.8) is 0 Å². The van der Waals surface area contributed by atoms with Crippen LogP contribution in [0.5, 0.6) is 0 Å². The number of benzene rings is 2. The third-order valence-corrected chi connectivity index (χ3v) is 3.45. The summed E-state index contributed by atoms with van der Waals surface area (Å²) in [7, 11) is -3.72. The lowest BCUT2D eigenvalue weighted by molar-refractivity contribution is 0.598. The largest absolute Gasteiger partial charge is 0.238 e. The van der Waals surface area contributed by atoms with Gasteiger partial charge in [-0.15, -0.1) is 0 Å². The Balaban J connectivity index is 2.32. The highest BCUT2D eigenvalue weighted by atomic mass is 32.2. The Labute approximate surface area is 111 Å². The molecule has 0 saturated heterocycles. The van der Waals surface area contributed by atoms with Gasteiger partial charge in [-0.1, -0.05) is 24.3 Å². The SMILES string of the molecule is Cc1ccccc1N=Nc1cccc(S(N)(=O)=O)c1. The smallest absolute Gasteiger partial charge is 0.225 e. The van der Waals surface area contributed by atoms with Gasteiger partial charge in [-0.3, -0.25) is 0 Å². The summed E-state index contributed by atoms with van der Waals surface area (Å²) in [5.41, 5.74) is 2.17. The molecule has 0 atom stereocenters. The second-order valence-electron chi connectivity index (χ2n) is 4.03. The monoisotopic (exact) mass is 275 g/mol. The third-order valence-electron chi connectivity index (χ3n) is 2.53. The molecule has 6 heteroatoms. The molecule has 2 N–H and O–H groups in total. The first-order valence-corrected chi connectivity index (χ1v) is 7.12. The van der Waals surface area contributed by atoms with Crippen LogP contribution in [-0.2, 0) is 10.0 Å². The summed E-state index contributed by atoms with van der Waals surface area (Å²) in [5.74, 6) is 0. The average molecular weight is 275 g/mol. The van der Waals surface area contributed by atoms with E-state index >= 15 is 0 Å². The Morgan fingerprint density at radius 3 is 2.42 bits per heavy atom. The quantitative estimate of drug-likeness (QED) is 0.873. The van der Waals surface area contributed by atoms with Crippen LogP contribution in [0.1, 0.15) is 5.56 Å². The van der Waals surface area contributed by atoms with Crippen molar-refractivity contribution < 1.29 is 8.42 Å². The molecule has 98 valence electrons. The summed E-state index contributed by atoms with van der Waals surface area (Å²) in [6.07, 6.45) is 0. The average Bonchev–Trinajstić information content (AvgIpc) is 2.37. The van der Waals surface area contributed by atoms with Crippen molar-refractivity contribution in [1.29, 1.82) is 0 Å². The lowest BCUT2D eigenvalue weighted by Gasteiger charge is -1.99. The fraction of sp³-hybridized carbons (Fsp3) is 0.0769. The van der Waals surface area contributed by atoms with E-state index in [2.05, 4.69) is 10.2 Å². The normalized spacial score (nSPS) is 11.9. The number of hydrogen-bond donors (Lipinski definition) is 1. The molecule has 0 saturated carbocycles. The van der Waals surface area contributed by atoms with E-state index in [1.54, 1.807) is 12.1 Å². The summed E-state index contributed by atoms with van der Waals surface area (Å²) < 4.78 is 22.4. The highest BCUT2D eigenvalue weighted by molar-refractivity contribution is 7.89. The number of aryl methyl sites for hydroxylation is 1. The fourth-order valence-corrected chi connectivity index (χ4v) is 2.06. The van der Waals surface area contributed by atoms with Crippen molar-refractivity contribution in [3.05, 3.63) is 54.1 Å². The number of rotatable bonds is 3. The zero-order valence-corrected chi connectivity index (χ0v) is 11.1. The molecule has 0 aliphatic rings. The summed E-state index contributed by atoms with van der Waals surface area (Å²) in [6, 6.07) is 13.6. The van der Waals surface area contributed by atoms with E-state index in [0.29, 0.717) is 5.69 Å². The van der Waals surface area contributed by atoms with Crippen LogP contribution in [0.15, 0.2) is 63.7 Å². The van der Waals surface area contributed by atoms with Gasteiger partial charge < -0.3 is 0 Å². The molecule has 0 spiro atoms. The molecule has 0 aliphatic heterocycles. The van der Waals surface area contributed by atoms with Crippen LogP contribution >= 0.6 is 0 Å². The lowest BCUT2D eigenvalue weighted by atomic mass is 10.2. The zero-order valence-electron chi connectivity index (χ0n) is 10.3. The highest BCUT2D eigenvalue weighted by Gasteiger charge is 2.07. The zero-order chi connectivity index (χ0) is 13.9. The van der Waals surface area contributed by atoms with E-state index in [0.717, 1.165) is 11.3 Å². The number of sulfonamides is 1. The number of hydrogen-bond acceptors (Lipinski definition) is 4. The van der Waals surface area contributed by atoms with Gasteiger partial charge in [0.05, 0.1) is 16.3 Å². The number of primary sulfonamides is 1. The lowest BCUT2D eigenvalue weighted by Crippen LogP contribution is -2.11. The van der Waals surface area contributed by atoms with Crippen LogP contribution in [0.25, 0.3) is 0 Å². The van der Waals surface area contributed by atoms with Gasteiger partial charge in [0.25, 0.3) is 0 Å². The molecular weight excluding hydrogens is 262 g/mol. The second kappa shape index (κ2) is 5.29. The standard InChI is InChI=1S/C13H13N3O2S/c1-10-5-2-3-8-13(10)16-15-11-6-4-7-12(9-11)19(14,17)18/h2-9H,1H3,(H2,14,17,18). The van der Waals surface area contributed by atoms with Gasteiger partial charge in [0.1, 0.15) is 0 Å². The summed E-state index contributed by atoms with van der Waals surface area (Å²) >= 11 is 0. The van der Waals surface area contributed by atoms with E-state index in [-0.39, 0.29) is 4.90 Å². The van der Waals surface area contributed by atoms with Crippen LogP contribution in [0, 0.1) is 6.92 Å². The summed E-state index contributed by atoms with van der Waals surface area (Å²) in [5, 5.41) is 13.2. The molecule has 0 heterocycles. The van der Waals surface area contributed by atoms with E-state index < -0.39 is 10.0 Å².